The van der Waals surface area contributed by atoms with E-state index in [2.05, 4.69) is 8.75 Å². The summed E-state index contributed by atoms with van der Waals surface area (Å²) in [5.41, 5.74) is 1.81. The van der Waals surface area contributed by atoms with Crippen LogP contribution in [0.5, 0.6) is 0 Å². The minimum Gasteiger partial charge on any atom is -0.478 e. The molecule has 0 amide bonds. The van der Waals surface area contributed by atoms with Crippen LogP contribution in [0.15, 0.2) is 54.1 Å². The van der Waals surface area contributed by atoms with Crippen molar-refractivity contribution in [2.45, 2.75) is 6.42 Å². The van der Waals surface area contributed by atoms with Gasteiger partial charge in [-0.2, -0.15) is 8.75 Å². The zero-order valence-electron chi connectivity index (χ0n) is 12.3. The highest BCUT2D eigenvalue weighted by molar-refractivity contribution is 7.00. The topological polar surface area (TPSA) is 100 Å². The van der Waals surface area contributed by atoms with Crippen molar-refractivity contribution >= 4 is 40.3 Å². The van der Waals surface area contributed by atoms with Crippen molar-refractivity contribution in [2.24, 2.45) is 0 Å². The van der Waals surface area contributed by atoms with Gasteiger partial charge in [0.1, 0.15) is 11.0 Å². The summed E-state index contributed by atoms with van der Waals surface area (Å²) in [5.74, 6) is -2.54. The predicted molar refractivity (Wildman–Crippen MR) is 89.8 cm³/mol. The van der Waals surface area contributed by atoms with Crippen LogP contribution < -0.4 is 0 Å². The van der Waals surface area contributed by atoms with Gasteiger partial charge in [0.05, 0.1) is 22.9 Å². The second kappa shape index (κ2) is 6.59. The van der Waals surface area contributed by atoms with E-state index in [1.54, 1.807) is 42.5 Å². The first-order valence-corrected chi connectivity index (χ1v) is 7.75. The fraction of sp³-hybridized carbons (Fsp3) is 0.0588. The summed E-state index contributed by atoms with van der Waals surface area (Å²) in [5, 5.41) is 19.1. The quantitative estimate of drug-likeness (QED) is 0.693. The number of rotatable bonds is 5. The molecule has 6 nitrogen and oxygen atoms in total. The van der Waals surface area contributed by atoms with Crippen LogP contribution in [0.1, 0.15) is 11.1 Å². The van der Waals surface area contributed by atoms with Crippen LogP contribution in [0.2, 0.25) is 0 Å². The molecular weight excluding hydrogens is 328 g/mol. The summed E-state index contributed by atoms with van der Waals surface area (Å²) in [7, 11) is 0. The third-order valence-electron chi connectivity index (χ3n) is 3.54. The van der Waals surface area contributed by atoms with E-state index < -0.39 is 11.9 Å². The molecule has 0 radical (unpaired) electrons. The van der Waals surface area contributed by atoms with E-state index in [9.17, 15) is 19.8 Å². The van der Waals surface area contributed by atoms with Gasteiger partial charge in [-0.05, 0) is 23.3 Å². The highest BCUT2D eigenvalue weighted by Gasteiger charge is 2.22. The van der Waals surface area contributed by atoms with Crippen molar-refractivity contribution in [3.05, 3.63) is 65.2 Å². The zero-order chi connectivity index (χ0) is 17.1. The monoisotopic (exact) mass is 340 g/mol. The maximum Gasteiger partial charge on any atom is 0.336 e. The summed E-state index contributed by atoms with van der Waals surface area (Å²) in [6.07, 6.45) is 0.0190. The van der Waals surface area contributed by atoms with Gasteiger partial charge >= 0.3 is 11.9 Å². The molecule has 0 saturated heterocycles. The van der Waals surface area contributed by atoms with Crippen LogP contribution in [0.25, 0.3) is 16.6 Å². The number of aliphatic carboxylic acids is 2. The molecule has 0 fully saturated rings. The Kier molecular flexibility index (Phi) is 4.35. The lowest BCUT2D eigenvalue weighted by Crippen LogP contribution is -2.13. The zero-order valence-corrected chi connectivity index (χ0v) is 13.2. The van der Waals surface area contributed by atoms with Gasteiger partial charge in [0.15, 0.2) is 0 Å². The first kappa shape index (κ1) is 15.8. The normalized spacial score (nSPS) is 12.0. The van der Waals surface area contributed by atoms with Crippen molar-refractivity contribution in [1.82, 2.24) is 8.75 Å². The van der Waals surface area contributed by atoms with E-state index in [4.69, 9.17) is 0 Å². The molecule has 3 aromatic rings. The lowest BCUT2D eigenvalue weighted by atomic mass is 9.94. The van der Waals surface area contributed by atoms with E-state index in [1.807, 2.05) is 6.07 Å². The second-order valence-electron chi connectivity index (χ2n) is 5.09. The average Bonchev–Trinajstić information content (AvgIpc) is 3.02. The molecule has 24 heavy (non-hydrogen) atoms. The number of carboxylic acid groups (broad SMARTS) is 2. The van der Waals surface area contributed by atoms with Crippen molar-refractivity contribution in [3.8, 4) is 0 Å². The van der Waals surface area contributed by atoms with Crippen molar-refractivity contribution < 1.29 is 19.8 Å². The van der Waals surface area contributed by atoms with Crippen LogP contribution in [-0.2, 0) is 16.0 Å². The number of benzene rings is 2. The standard InChI is InChI=1S/C17H12N2O4S/c20-16(21)12(8-10-4-2-1-3-5-10)15(17(22)23)11-6-7-13-14(9-11)19-24-18-13/h1-7,9H,8H2,(H,20,21)(H,22,23). The van der Waals surface area contributed by atoms with Crippen molar-refractivity contribution in [2.75, 3.05) is 0 Å². The van der Waals surface area contributed by atoms with Gasteiger partial charge in [-0.15, -0.1) is 0 Å². The van der Waals surface area contributed by atoms with Gasteiger partial charge in [0.2, 0.25) is 0 Å². The van der Waals surface area contributed by atoms with Gasteiger partial charge in [0.25, 0.3) is 0 Å². The Morgan fingerprint density at radius 3 is 2.29 bits per heavy atom. The number of hydrogen-bond donors (Lipinski definition) is 2. The third kappa shape index (κ3) is 3.16. The molecule has 0 spiro atoms. The molecule has 1 aromatic heterocycles. The van der Waals surface area contributed by atoms with Gasteiger partial charge in [-0.25, -0.2) is 9.59 Å². The Morgan fingerprint density at radius 1 is 0.917 bits per heavy atom. The number of hydrogen-bond acceptors (Lipinski definition) is 5. The minimum atomic E-state index is -1.29. The molecule has 0 bridgehead atoms. The summed E-state index contributed by atoms with van der Waals surface area (Å²) in [6, 6.07) is 13.6. The third-order valence-corrected chi connectivity index (χ3v) is 4.10. The molecule has 0 aliphatic carbocycles. The molecular formula is C17H12N2O4S. The first-order valence-electron chi connectivity index (χ1n) is 7.02. The Hall–Kier alpha value is -3.06. The summed E-state index contributed by atoms with van der Waals surface area (Å²) < 4.78 is 8.14. The molecule has 0 aliphatic rings. The highest BCUT2D eigenvalue weighted by atomic mass is 32.1. The molecule has 3 rings (SSSR count). The molecule has 120 valence electrons. The fourth-order valence-corrected chi connectivity index (χ4v) is 2.95. The summed E-state index contributed by atoms with van der Waals surface area (Å²) >= 11 is 1.02. The van der Waals surface area contributed by atoms with E-state index in [1.165, 1.54) is 0 Å². The number of fused-ring (bicyclic) bond motifs is 1. The van der Waals surface area contributed by atoms with Gasteiger partial charge < -0.3 is 10.2 Å². The maximum atomic E-state index is 11.8. The first-order chi connectivity index (χ1) is 11.6. The van der Waals surface area contributed by atoms with Crippen LogP contribution >= 0.6 is 11.7 Å². The van der Waals surface area contributed by atoms with Crippen molar-refractivity contribution in [3.63, 3.8) is 0 Å². The lowest BCUT2D eigenvalue weighted by molar-refractivity contribution is -0.134. The maximum absolute atomic E-state index is 11.8. The van der Waals surface area contributed by atoms with Crippen LogP contribution in [0.3, 0.4) is 0 Å². The summed E-state index contributed by atoms with van der Waals surface area (Å²) in [6.45, 7) is 0. The van der Waals surface area contributed by atoms with E-state index in [0.29, 0.717) is 16.6 Å². The molecule has 2 aromatic carbocycles. The van der Waals surface area contributed by atoms with Crippen LogP contribution in [0, 0.1) is 0 Å². The lowest BCUT2D eigenvalue weighted by Gasteiger charge is -2.10. The SMILES string of the molecule is O=C(O)C(Cc1ccccc1)=C(C(=O)O)c1ccc2nsnc2c1. The van der Waals surface area contributed by atoms with Crippen LogP contribution in [0.4, 0.5) is 0 Å². The van der Waals surface area contributed by atoms with Gasteiger partial charge in [0, 0.05) is 6.42 Å². The molecule has 1 heterocycles. The Balaban J connectivity index is 2.15. The number of carbonyl (C=O) groups is 2. The Morgan fingerprint density at radius 2 is 1.62 bits per heavy atom. The fourth-order valence-electron chi connectivity index (χ4n) is 2.44. The number of carboxylic acids is 2. The molecule has 0 atom stereocenters. The van der Waals surface area contributed by atoms with Crippen LogP contribution in [-0.4, -0.2) is 30.9 Å². The molecule has 0 saturated carbocycles. The molecule has 0 aliphatic heterocycles. The van der Waals surface area contributed by atoms with E-state index in [-0.39, 0.29) is 17.6 Å². The largest absolute Gasteiger partial charge is 0.478 e. The van der Waals surface area contributed by atoms with Crippen molar-refractivity contribution in [1.29, 1.82) is 0 Å². The summed E-state index contributed by atoms with van der Waals surface area (Å²) in [4.78, 5) is 23.4. The smallest absolute Gasteiger partial charge is 0.336 e. The molecule has 0 unspecified atom stereocenters. The molecule has 2 N–H and O–H groups in total. The molecule has 7 heteroatoms. The minimum absolute atomic E-state index is 0.0190. The average molecular weight is 340 g/mol. The Labute approximate surface area is 141 Å². The predicted octanol–water partition coefficient (Wildman–Crippen LogP) is 2.86. The highest BCUT2D eigenvalue weighted by Crippen LogP contribution is 2.25. The van der Waals surface area contributed by atoms with Gasteiger partial charge in [-0.3, -0.25) is 0 Å². The second-order valence-corrected chi connectivity index (χ2v) is 5.62. The van der Waals surface area contributed by atoms with E-state index >= 15 is 0 Å². The Bertz CT molecular complexity index is 947. The number of aromatic nitrogens is 2. The van der Waals surface area contributed by atoms with E-state index in [0.717, 1.165) is 17.3 Å². The number of nitrogens with zero attached hydrogens (tertiary/aromatic N) is 2. The van der Waals surface area contributed by atoms with Gasteiger partial charge in [-0.1, -0.05) is 36.4 Å².